The third-order valence-electron chi connectivity index (χ3n) is 6.35. The Labute approximate surface area is 203 Å². The van der Waals surface area contributed by atoms with Crippen LogP contribution in [0.15, 0.2) is 35.3 Å². The first-order valence-corrected chi connectivity index (χ1v) is 12.0. The smallest absolute Gasteiger partial charge is 0.257 e. The molecule has 0 saturated heterocycles. The molecule has 3 heterocycles. The minimum Gasteiger partial charge on any atom is -0.364 e. The highest BCUT2D eigenvalue weighted by molar-refractivity contribution is 6.33. The van der Waals surface area contributed by atoms with Gasteiger partial charge in [-0.25, -0.2) is 4.98 Å². The minimum atomic E-state index is -0.682. The van der Waals surface area contributed by atoms with Crippen molar-refractivity contribution in [1.29, 1.82) is 0 Å². The molecule has 0 bridgehead atoms. The predicted octanol–water partition coefficient (Wildman–Crippen LogP) is 4.39. The number of anilines is 1. The van der Waals surface area contributed by atoms with Crippen molar-refractivity contribution in [2.24, 2.45) is 13.0 Å². The largest absolute Gasteiger partial charge is 0.364 e. The summed E-state index contributed by atoms with van der Waals surface area (Å²) >= 11 is 6.22. The van der Waals surface area contributed by atoms with E-state index in [1.165, 1.54) is 6.26 Å². The summed E-state index contributed by atoms with van der Waals surface area (Å²) in [4.78, 5) is 30.7. The average molecular weight is 485 g/mol. The Kier molecular flexibility index (Phi) is 7.62. The third kappa shape index (κ3) is 5.30. The molecule has 1 saturated carbocycles. The third-order valence-corrected chi connectivity index (χ3v) is 6.62. The number of hydrogen-bond acceptors (Lipinski definition) is 6. The molecule has 0 unspecified atom stereocenters. The molecule has 0 aromatic carbocycles. The first-order chi connectivity index (χ1) is 16.5. The Morgan fingerprint density at radius 2 is 1.97 bits per heavy atom. The lowest BCUT2D eigenvalue weighted by molar-refractivity contribution is -0.119. The highest BCUT2D eigenvalue weighted by Crippen LogP contribution is 2.28. The molecule has 4 rings (SSSR count). The lowest BCUT2D eigenvalue weighted by atomic mass is 9.90. The molecule has 0 aliphatic heterocycles. The zero-order valence-electron chi connectivity index (χ0n) is 19.4. The molecule has 34 heavy (non-hydrogen) atoms. The van der Waals surface area contributed by atoms with Crippen molar-refractivity contribution in [3.05, 3.63) is 47.1 Å². The number of pyridine rings is 1. The van der Waals surface area contributed by atoms with Crippen molar-refractivity contribution in [3.8, 4) is 11.3 Å². The van der Waals surface area contributed by atoms with Crippen LogP contribution in [0, 0.1) is 5.92 Å². The number of nitrogens with one attached hydrogen (secondary N) is 2. The topological polar surface area (TPSA) is 115 Å². The monoisotopic (exact) mass is 484 g/mol. The second-order valence-electron chi connectivity index (χ2n) is 8.62. The summed E-state index contributed by atoms with van der Waals surface area (Å²) in [5.74, 6) is -0.187. The fraction of sp³-hybridized carbons (Fsp3) is 0.458. The van der Waals surface area contributed by atoms with E-state index in [1.807, 2.05) is 13.0 Å². The lowest BCUT2D eigenvalue weighted by Crippen LogP contribution is -2.48. The maximum absolute atomic E-state index is 13.4. The first kappa shape index (κ1) is 23.9. The number of amides is 2. The Morgan fingerprint density at radius 3 is 2.59 bits per heavy atom. The molecule has 3 aromatic rings. The van der Waals surface area contributed by atoms with E-state index in [1.54, 1.807) is 30.2 Å². The van der Waals surface area contributed by atoms with Crippen LogP contribution in [0.3, 0.4) is 0 Å². The molecule has 10 heteroatoms. The van der Waals surface area contributed by atoms with Crippen LogP contribution in [0.5, 0.6) is 0 Å². The number of rotatable bonds is 7. The summed E-state index contributed by atoms with van der Waals surface area (Å²) < 4.78 is 6.65. The molecule has 3 aromatic heterocycles. The van der Waals surface area contributed by atoms with E-state index in [2.05, 4.69) is 25.9 Å². The van der Waals surface area contributed by atoms with Crippen molar-refractivity contribution in [1.82, 2.24) is 25.2 Å². The van der Waals surface area contributed by atoms with Gasteiger partial charge in [0.2, 0.25) is 5.91 Å². The van der Waals surface area contributed by atoms with Gasteiger partial charge in [-0.2, -0.15) is 5.10 Å². The van der Waals surface area contributed by atoms with Crippen molar-refractivity contribution >= 4 is 29.2 Å². The number of carbonyl (C=O) groups excluding carboxylic acids is 2. The molecule has 1 aliphatic carbocycles. The zero-order valence-corrected chi connectivity index (χ0v) is 20.1. The number of aromatic nitrogens is 4. The van der Waals surface area contributed by atoms with Gasteiger partial charge in [0.15, 0.2) is 0 Å². The Morgan fingerprint density at radius 1 is 1.21 bits per heavy atom. The molecule has 2 N–H and O–H groups in total. The molecule has 1 aliphatic rings. The van der Waals surface area contributed by atoms with Gasteiger partial charge in [0.25, 0.3) is 5.91 Å². The molecule has 9 nitrogen and oxygen atoms in total. The fourth-order valence-electron chi connectivity index (χ4n) is 4.51. The van der Waals surface area contributed by atoms with E-state index in [-0.39, 0.29) is 17.7 Å². The van der Waals surface area contributed by atoms with Crippen LogP contribution >= 0.6 is 11.6 Å². The van der Waals surface area contributed by atoms with Gasteiger partial charge in [0.05, 0.1) is 22.6 Å². The van der Waals surface area contributed by atoms with Crippen LogP contribution in [0.1, 0.15) is 61.5 Å². The SMILES string of the molecule is CCc1nocc1C(=O)N[C@H](C(=O)Nc1ccc(-c2c(Cl)cnn2C)cn1)C1CCCCCC1. The first-order valence-electron chi connectivity index (χ1n) is 11.7. The van der Waals surface area contributed by atoms with Gasteiger partial charge in [-0.3, -0.25) is 14.3 Å². The highest BCUT2D eigenvalue weighted by atomic mass is 35.5. The zero-order chi connectivity index (χ0) is 24.1. The number of aryl methyl sites for hydroxylation is 2. The van der Waals surface area contributed by atoms with E-state index in [0.717, 1.165) is 49.8 Å². The second-order valence-corrected chi connectivity index (χ2v) is 9.02. The molecular weight excluding hydrogens is 456 g/mol. The molecule has 180 valence electrons. The summed E-state index contributed by atoms with van der Waals surface area (Å²) in [5.41, 5.74) is 2.47. The number of carbonyl (C=O) groups is 2. The fourth-order valence-corrected chi connectivity index (χ4v) is 4.78. The maximum Gasteiger partial charge on any atom is 0.257 e. The van der Waals surface area contributed by atoms with Crippen LogP contribution in [-0.4, -0.2) is 37.8 Å². The van der Waals surface area contributed by atoms with E-state index in [9.17, 15) is 9.59 Å². The molecule has 1 atom stereocenters. The minimum absolute atomic E-state index is 0.0453. The summed E-state index contributed by atoms with van der Waals surface area (Å²) in [6.45, 7) is 1.90. The van der Waals surface area contributed by atoms with Crippen LogP contribution in [0.4, 0.5) is 5.82 Å². The summed E-state index contributed by atoms with van der Waals surface area (Å²) in [7, 11) is 1.80. The van der Waals surface area contributed by atoms with Gasteiger partial charge in [-0.1, -0.05) is 49.4 Å². The van der Waals surface area contributed by atoms with E-state index in [0.29, 0.717) is 28.5 Å². The standard InChI is InChI=1S/C24H29ClN6O3/c1-3-19-17(14-34-30-19)23(32)29-21(15-8-6-4-5-7-9-15)24(33)28-20-11-10-16(12-26-20)22-18(25)13-27-31(22)2/h10-15,21H,3-9H2,1-2H3,(H,29,32)(H,26,28,33)/t21-/m0/s1. The van der Waals surface area contributed by atoms with E-state index < -0.39 is 6.04 Å². The Balaban J connectivity index is 1.52. The molecule has 0 spiro atoms. The van der Waals surface area contributed by atoms with Crippen molar-refractivity contribution in [2.45, 2.75) is 57.9 Å². The number of halogens is 1. The van der Waals surface area contributed by atoms with Gasteiger partial charge < -0.3 is 15.2 Å². The average Bonchev–Trinajstić information content (AvgIpc) is 3.34. The molecule has 1 fully saturated rings. The summed E-state index contributed by atoms with van der Waals surface area (Å²) in [6, 6.07) is 2.87. The molecule has 0 radical (unpaired) electrons. The Bertz CT molecular complexity index is 1110. The van der Waals surface area contributed by atoms with Crippen molar-refractivity contribution in [3.63, 3.8) is 0 Å². The van der Waals surface area contributed by atoms with E-state index in [4.69, 9.17) is 16.1 Å². The quantitative estimate of drug-likeness (QED) is 0.480. The van der Waals surface area contributed by atoms with Crippen LogP contribution < -0.4 is 10.6 Å². The van der Waals surface area contributed by atoms with Crippen LogP contribution in [0.2, 0.25) is 5.02 Å². The maximum atomic E-state index is 13.4. The predicted molar refractivity (Wildman–Crippen MR) is 128 cm³/mol. The highest BCUT2D eigenvalue weighted by Gasteiger charge is 2.32. The lowest BCUT2D eigenvalue weighted by Gasteiger charge is -2.26. The van der Waals surface area contributed by atoms with Crippen molar-refractivity contribution < 1.29 is 14.1 Å². The van der Waals surface area contributed by atoms with Gasteiger partial charge in [-0.15, -0.1) is 0 Å². The second kappa shape index (κ2) is 10.8. The number of nitrogens with zero attached hydrogens (tertiary/aromatic N) is 4. The summed E-state index contributed by atoms with van der Waals surface area (Å²) in [5, 5.41) is 14.4. The van der Waals surface area contributed by atoms with Gasteiger partial charge >= 0.3 is 0 Å². The van der Waals surface area contributed by atoms with Crippen molar-refractivity contribution in [2.75, 3.05) is 5.32 Å². The van der Waals surface area contributed by atoms with Crippen LogP contribution in [0.25, 0.3) is 11.3 Å². The van der Waals surface area contributed by atoms with Gasteiger partial charge in [-0.05, 0) is 37.3 Å². The van der Waals surface area contributed by atoms with Crippen LogP contribution in [-0.2, 0) is 18.3 Å². The van der Waals surface area contributed by atoms with Gasteiger partial charge in [0, 0.05) is 18.8 Å². The molecule has 2 amide bonds. The Hall–Kier alpha value is -3.20. The summed E-state index contributed by atoms with van der Waals surface area (Å²) in [6.07, 6.45) is 11.2. The molecular formula is C24H29ClN6O3. The normalized spacial score (nSPS) is 15.5. The van der Waals surface area contributed by atoms with Gasteiger partial charge in [0.1, 0.15) is 23.7 Å². The van der Waals surface area contributed by atoms with E-state index >= 15 is 0 Å². The number of hydrogen-bond donors (Lipinski definition) is 2.